The minimum Gasteiger partial charge on any atom is -0.465 e. The number of aromatic nitrogens is 1. The molecule has 0 saturated carbocycles. The molecule has 0 amide bonds. The third kappa shape index (κ3) is 2.99. The SMILES string of the molecule is COC(=O)c1cnc(-c2cccc(B3OC(C)(C)C(C)(C)O3)c2)s1. The molecule has 7 heteroatoms. The Kier molecular flexibility index (Phi) is 4.27. The van der Waals surface area contributed by atoms with Crippen LogP contribution in [-0.2, 0) is 14.0 Å². The van der Waals surface area contributed by atoms with Gasteiger partial charge in [-0.25, -0.2) is 9.78 Å². The molecule has 1 aromatic heterocycles. The number of hydrogen-bond donors (Lipinski definition) is 0. The van der Waals surface area contributed by atoms with Crippen molar-refractivity contribution in [3.8, 4) is 10.6 Å². The molecular weight excluding hydrogens is 325 g/mol. The van der Waals surface area contributed by atoms with E-state index in [1.165, 1.54) is 24.6 Å². The van der Waals surface area contributed by atoms with E-state index in [0.717, 1.165) is 16.0 Å². The van der Waals surface area contributed by atoms with Crippen LogP contribution in [0.25, 0.3) is 10.6 Å². The summed E-state index contributed by atoms with van der Waals surface area (Å²) in [5.74, 6) is -0.374. The number of ether oxygens (including phenoxy) is 1. The predicted octanol–water partition coefficient (Wildman–Crippen LogP) is 2.90. The van der Waals surface area contributed by atoms with Gasteiger partial charge in [0, 0.05) is 5.56 Å². The second-order valence-corrected chi connectivity index (χ2v) is 7.77. The second-order valence-electron chi connectivity index (χ2n) is 6.73. The van der Waals surface area contributed by atoms with Crippen LogP contribution >= 0.6 is 11.3 Å². The predicted molar refractivity (Wildman–Crippen MR) is 94.6 cm³/mol. The van der Waals surface area contributed by atoms with Gasteiger partial charge in [0.15, 0.2) is 0 Å². The Morgan fingerprint density at radius 1 is 1.21 bits per heavy atom. The topological polar surface area (TPSA) is 57.7 Å². The summed E-state index contributed by atoms with van der Waals surface area (Å²) in [7, 11) is 0.940. The zero-order chi connectivity index (χ0) is 17.5. The third-order valence-corrected chi connectivity index (χ3v) is 5.58. The number of carbonyl (C=O) groups excluding carboxylic acids is 1. The highest BCUT2D eigenvalue weighted by molar-refractivity contribution is 7.16. The average Bonchev–Trinajstić information content (AvgIpc) is 3.10. The average molecular weight is 345 g/mol. The molecule has 1 aliphatic heterocycles. The fourth-order valence-corrected chi connectivity index (χ4v) is 3.23. The van der Waals surface area contributed by atoms with Crippen LogP contribution in [0.3, 0.4) is 0 Å². The molecule has 1 aliphatic rings. The van der Waals surface area contributed by atoms with Crippen LogP contribution < -0.4 is 5.46 Å². The summed E-state index contributed by atoms with van der Waals surface area (Å²) in [6.07, 6.45) is 1.54. The molecule has 0 N–H and O–H groups in total. The van der Waals surface area contributed by atoms with Gasteiger partial charge in [0.05, 0.1) is 24.5 Å². The highest BCUT2D eigenvalue weighted by Gasteiger charge is 2.51. The lowest BCUT2D eigenvalue weighted by Gasteiger charge is -2.32. The number of nitrogens with zero attached hydrogens (tertiary/aromatic N) is 1. The Bertz CT molecular complexity index is 755. The molecule has 0 spiro atoms. The van der Waals surface area contributed by atoms with Crippen molar-refractivity contribution in [1.29, 1.82) is 0 Å². The van der Waals surface area contributed by atoms with Crippen molar-refractivity contribution in [2.45, 2.75) is 38.9 Å². The van der Waals surface area contributed by atoms with Crippen LogP contribution in [0.5, 0.6) is 0 Å². The highest BCUT2D eigenvalue weighted by Crippen LogP contribution is 2.36. The molecule has 126 valence electrons. The lowest BCUT2D eigenvalue weighted by Crippen LogP contribution is -2.41. The van der Waals surface area contributed by atoms with E-state index in [0.29, 0.717) is 4.88 Å². The number of methoxy groups -OCH3 is 1. The summed E-state index contributed by atoms with van der Waals surface area (Å²) in [6.45, 7) is 8.11. The molecule has 24 heavy (non-hydrogen) atoms. The second kappa shape index (κ2) is 5.99. The van der Waals surface area contributed by atoms with E-state index < -0.39 is 7.12 Å². The number of carbonyl (C=O) groups is 1. The summed E-state index contributed by atoms with van der Waals surface area (Å²) in [5, 5.41) is 0.758. The van der Waals surface area contributed by atoms with Crippen LogP contribution in [0.4, 0.5) is 0 Å². The van der Waals surface area contributed by atoms with Crippen LogP contribution in [0.2, 0.25) is 0 Å². The maximum Gasteiger partial charge on any atom is 0.494 e. The third-order valence-electron chi connectivity index (χ3n) is 4.55. The smallest absolute Gasteiger partial charge is 0.465 e. The summed E-state index contributed by atoms with van der Waals surface area (Å²) >= 11 is 1.30. The molecule has 0 atom stereocenters. The largest absolute Gasteiger partial charge is 0.494 e. The van der Waals surface area contributed by atoms with E-state index in [-0.39, 0.29) is 17.2 Å². The van der Waals surface area contributed by atoms with Crippen LogP contribution in [-0.4, -0.2) is 36.4 Å². The van der Waals surface area contributed by atoms with Gasteiger partial charge in [0.2, 0.25) is 0 Å². The van der Waals surface area contributed by atoms with Crippen molar-refractivity contribution in [3.63, 3.8) is 0 Å². The van der Waals surface area contributed by atoms with Crippen molar-refractivity contribution in [3.05, 3.63) is 35.3 Å². The first-order chi connectivity index (χ1) is 11.2. The summed E-state index contributed by atoms with van der Waals surface area (Å²) < 4.78 is 16.9. The van der Waals surface area contributed by atoms with Crippen LogP contribution in [0.1, 0.15) is 37.4 Å². The quantitative estimate of drug-likeness (QED) is 0.632. The summed E-state index contributed by atoms with van der Waals surface area (Å²) in [5.41, 5.74) is 1.09. The fraction of sp³-hybridized carbons (Fsp3) is 0.412. The number of hydrogen-bond acceptors (Lipinski definition) is 6. The number of esters is 1. The summed E-state index contributed by atoms with van der Waals surface area (Å²) in [4.78, 5) is 16.4. The maximum atomic E-state index is 11.6. The van der Waals surface area contributed by atoms with E-state index in [2.05, 4.69) is 4.98 Å². The Hall–Kier alpha value is -1.70. The van der Waals surface area contributed by atoms with Gasteiger partial charge in [0.25, 0.3) is 0 Å². The molecule has 1 saturated heterocycles. The van der Waals surface area contributed by atoms with Crippen molar-refractivity contribution >= 4 is 29.9 Å². The number of thiazole rings is 1. The van der Waals surface area contributed by atoms with Gasteiger partial charge in [0.1, 0.15) is 9.88 Å². The van der Waals surface area contributed by atoms with Crippen molar-refractivity contribution < 1.29 is 18.8 Å². The van der Waals surface area contributed by atoms with E-state index >= 15 is 0 Å². The highest BCUT2D eigenvalue weighted by atomic mass is 32.1. The molecule has 0 bridgehead atoms. The van der Waals surface area contributed by atoms with Crippen molar-refractivity contribution in [2.75, 3.05) is 7.11 Å². The molecule has 1 aromatic carbocycles. The monoisotopic (exact) mass is 345 g/mol. The lowest BCUT2D eigenvalue weighted by molar-refractivity contribution is 0.00578. The minimum atomic E-state index is -0.421. The normalized spacial score (nSPS) is 18.6. The first-order valence-electron chi connectivity index (χ1n) is 7.73. The Labute approximate surface area is 146 Å². The van der Waals surface area contributed by atoms with E-state index in [9.17, 15) is 4.79 Å². The molecule has 3 rings (SSSR count). The first-order valence-corrected chi connectivity index (χ1v) is 8.55. The van der Waals surface area contributed by atoms with Crippen molar-refractivity contribution in [1.82, 2.24) is 4.98 Å². The molecule has 5 nitrogen and oxygen atoms in total. The van der Waals surface area contributed by atoms with Crippen molar-refractivity contribution in [2.24, 2.45) is 0 Å². The Morgan fingerprint density at radius 3 is 2.50 bits per heavy atom. The van der Waals surface area contributed by atoms with E-state index in [1.807, 2.05) is 52.0 Å². The van der Waals surface area contributed by atoms with Gasteiger partial charge in [-0.3, -0.25) is 0 Å². The number of benzene rings is 1. The molecule has 0 aliphatic carbocycles. The van der Waals surface area contributed by atoms with Gasteiger partial charge in [-0.15, -0.1) is 11.3 Å². The molecule has 2 heterocycles. The first kappa shape index (κ1) is 17.1. The fourth-order valence-electron chi connectivity index (χ4n) is 2.40. The Morgan fingerprint density at radius 2 is 1.88 bits per heavy atom. The zero-order valence-corrected chi connectivity index (χ0v) is 15.3. The molecular formula is C17H20BNO4S. The zero-order valence-electron chi connectivity index (χ0n) is 14.5. The van der Waals surface area contributed by atoms with Gasteiger partial charge < -0.3 is 14.0 Å². The number of rotatable bonds is 3. The lowest BCUT2D eigenvalue weighted by atomic mass is 9.78. The molecule has 0 unspecified atom stereocenters. The van der Waals surface area contributed by atoms with Gasteiger partial charge in [-0.05, 0) is 33.2 Å². The van der Waals surface area contributed by atoms with Crippen LogP contribution in [0.15, 0.2) is 30.5 Å². The van der Waals surface area contributed by atoms with Crippen LogP contribution in [0, 0.1) is 0 Å². The molecule has 0 radical (unpaired) electrons. The van der Waals surface area contributed by atoms with E-state index in [1.54, 1.807) is 0 Å². The molecule has 2 aromatic rings. The van der Waals surface area contributed by atoms with E-state index in [4.69, 9.17) is 14.0 Å². The maximum absolute atomic E-state index is 11.6. The minimum absolute atomic E-state index is 0.374. The Balaban J connectivity index is 1.88. The summed E-state index contributed by atoms with van der Waals surface area (Å²) in [6, 6.07) is 7.85. The van der Waals surface area contributed by atoms with Gasteiger partial charge in [-0.2, -0.15) is 0 Å². The van der Waals surface area contributed by atoms with Gasteiger partial charge in [-0.1, -0.05) is 24.3 Å². The van der Waals surface area contributed by atoms with Gasteiger partial charge >= 0.3 is 13.1 Å². The standard InChI is InChI=1S/C17H20BNO4S/c1-16(2)17(3,4)23-18(22-16)12-8-6-7-11(9-12)14-19-10-13(24-14)15(20)21-5/h6-10H,1-5H3. The molecule has 1 fully saturated rings.